The number of alkyl halides is 1. The lowest BCUT2D eigenvalue weighted by atomic mass is 10.1. The molecule has 0 rings (SSSR count). The van der Waals surface area contributed by atoms with E-state index in [9.17, 15) is 0 Å². The Morgan fingerprint density at radius 3 is 2.09 bits per heavy atom. The molecule has 0 bridgehead atoms. The van der Waals surface area contributed by atoms with Gasteiger partial charge in [-0.2, -0.15) is 0 Å². The van der Waals surface area contributed by atoms with Crippen LogP contribution in [0, 0.1) is 0 Å². The summed E-state index contributed by atoms with van der Waals surface area (Å²) in [6.45, 7) is 4.57. The maximum Gasteiger partial charge on any atom is 0.00813 e. The minimum atomic E-state index is 0.874. The van der Waals surface area contributed by atoms with Crippen LogP contribution in [-0.4, -0.2) is 3.92 Å². The third kappa shape index (κ3) is 10.7. The van der Waals surface area contributed by atoms with Crippen LogP contribution in [0.2, 0.25) is 0 Å². The molecule has 0 aliphatic rings. The van der Waals surface area contributed by atoms with E-state index in [-0.39, 0.29) is 0 Å². The van der Waals surface area contributed by atoms with E-state index in [1.54, 1.807) is 0 Å². The van der Waals surface area contributed by atoms with Crippen molar-refractivity contribution in [2.45, 2.75) is 62.7 Å². The number of halogens is 1. The molecule has 11 heavy (non-hydrogen) atoms. The van der Waals surface area contributed by atoms with Gasteiger partial charge in [-0.25, -0.2) is 0 Å². The molecular weight excluding hydrogens is 247 g/mol. The van der Waals surface area contributed by atoms with Gasteiger partial charge in [0, 0.05) is 3.92 Å². The summed E-state index contributed by atoms with van der Waals surface area (Å²) in [5.41, 5.74) is 0. The minimum Gasteiger partial charge on any atom is -0.0829 e. The second kappa shape index (κ2) is 8.82. The van der Waals surface area contributed by atoms with E-state index < -0.39 is 0 Å². The van der Waals surface area contributed by atoms with Crippen molar-refractivity contribution in [3.63, 3.8) is 0 Å². The highest BCUT2D eigenvalue weighted by Crippen LogP contribution is 2.12. The zero-order chi connectivity index (χ0) is 8.53. The number of rotatable bonds is 7. The zero-order valence-electron chi connectivity index (χ0n) is 7.91. The highest BCUT2D eigenvalue weighted by atomic mass is 127. The average Bonchev–Trinajstić information content (AvgIpc) is 1.96. The van der Waals surface area contributed by atoms with Gasteiger partial charge in [0.2, 0.25) is 0 Å². The molecule has 1 heteroatoms. The Morgan fingerprint density at radius 2 is 1.55 bits per heavy atom. The first kappa shape index (κ1) is 11.7. The summed E-state index contributed by atoms with van der Waals surface area (Å²) in [7, 11) is 0. The molecule has 0 aliphatic carbocycles. The van der Waals surface area contributed by atoms with Gasteiger partial charge in [0.25, 0.3) is 0 Å². The largest absolute Gasteiger partial charge is 0.0829 e. The Balaban J connectivity index is 2.80. The van der Waals surface area contributed by atoms with Crippen molar-refractivity contribution in [2.24, 2.45) is 0 Å². The fourth-order valence-corrected chi connectivity index (χ4v) is 1.65. The fourth-order valence-electron chi connectivity index (χ4n) is 1.21. The first-order valence-electron chi connectivity index (χ1n) is 4.91. The van der Waals surface area contributed by atoms with Crippen molar-refractivity contribution in [2.75, 3.05) is 0 Å². The summed E-state index contributed by atoms with van der Waals surface area (Å²) in [5.74, 6) is 0. The Morgan fingerprint density at radius 1 is 1.00 bits per heavy atom. The third-order valence-electron chi connectivity index (χ3n) is 1.96. The highest BCUT2D eigenvalue weighted by molar-refractivity contribution is 14.1. The van der Waals surface area contributed by atoms with E-state index in [4.69, 9.17) is 0 Å². The maximum absolute atomic E-state index is 2.51. The Labute approximate surface area is 85.3 Å². The van der Waals surface area contributed by atoms with Crippen LogP contribution in [0.4, 0.5) is 0 Å². The van der Waals surface area contributed by atoms with E-state index in [2.05, 4.69) is 36.4 Å². The Hall–Kier alpha value is 0.730. The standard InChI is InChI=1S/C10H21I/c1-3-4-5-6-7-8-9-10(2)11/h10H,3-9H2,1-2H3. The summed E-state index contributed by atoms with van der Waals surface area (Å²) in [5, 5.41) is 0. The molecule has 1 atom stereocenters. The Bertz CT molecular complexity index is 69.3. The van der Waals surface area contributed by atoms with Gasteiger partial charge in [-0.3, -0.25) is 0 Å². The van der Waals surface area contributed by atoms with E-state index in [0.29, 0.717) is 0 Å². The third-order valence-corrected chi connectivity index (χ3v) is 2.58. The maximum atomic E-state index is 2.51. The second-order valence-corrected chi connectivity index (χ2v) is 5.46. The lowest BCUT2D eigenvalue weighted by molar-refractivity contribution is 0.592. The molecule has 0 radical (unpaired) electrons. The van der Waals surface area contributed by atoms with Gasteiger partial charge < -0.3 is 0 Å². The summed E-state index contributed by atoms with van der Waals surface area (Å²) in [6, 6.07) is 0. The normalized spacial score (nSPS) is 13.4. The fraction of sp³-hybridized carbons (Fsp3) is 1.00. The van der Waals surface area contributed by atoms with Gasteiger partial charge in [0.05, 0.1) is 0 Å². The van der Waals surface area contributed by atoms with Crippen LogP contribution in [0.25, 0.3) is 0 Å². The van der Waals surface area contributed by atoms with Crippen LogP contribution < -0.4 is 0 Å². The molecule has 68 valence electrons. The van der Waals surface area contributed by atoms with E-state index in [0.717, 1.165) is 3.92 Å². The van der Waals surface area contributed by atoms with Gasteiger partial charge in [0.15, 0.2) is 0 Å². The van der Waals surface area contributed by atoms with Gasteiger partial charge in [-0.1, -0.05) is 75.0 Å². The van der Waals surface area contributed by atoms with E-state index in [1.165, 1.54) is 44.9 Å². The Kier molecular flexibility index (Phi) is 9.41. The van der Waals surface area contributed by atoms with Crippen LogP contribution in [0.5, 0.6) is 0 Å². The second-order valence-electron chi connectivity index (χ2n) is 3.34. The molecule has 0 amide bonds. The molecule has 0 nitrogen and oxygen atoms in total. The lowest BCUT2D eigenvalue weighted by Gasteiger charge is -2.02. The molecule has 0 aromatic rings. The number of unbranched alkanes of at least 4 members (excludes halogenated alkanes) is 5. The first-order chi connectivity index (χ1) is 5.27. The lowest BCUT2D eigenvalue weighted by Crippen LogP contribution is -1.88. The number of hydrogen-bond donors (Lipinski definition) is 0. The van der Waals surface area contributed by atoms with Crippen molar-refractivity contribution < 1.29 is 0 Å². The predicted octanol–water partition coefficient (Wildman–Crippen LogP) is 4.56. The SMILES string of the molecule is CCCCCCCCC(C)I. The van der Waals surface area contributed by atoms with E-state index >= 15 is 0 Å². The predicted molar refractivity (Wildman–Crippen MR) is 61.5 cm³/mol. The van der Waals surface area contributed by atoms with Crippen LogP contribution in [0.15, 0.2) is 0 Å². The van der Waals surface area contributed by atoms with Gasteiger partial charge in [-0.05, 0) is 6.42 Å². The van der Waals surface area contributed by atoms with Crippen molar-refractivity contribution >= 4 is 22.6 Å². The van der Waals surface area contributed by atoms with Gasteiger partial charge >= 0.3 is 0 Å². The molecular formula is C10H21I. The van der Waals surface area contributed by atoms with Gasteiger partial charge in [0.1, 0.15) is 0 Å². The van der Waals surface area contributed by atoms with Crippen LogP contribution in [0.3, 0.4) is 0 Å². The van der Waals surface area contributed by atoms with Crippen molar-refractivity contribution in [3.05, 3.63) is 0 Å². The molecule has 0 N–H and O–H groups in total. The molecule has 0 aliphatic heterocycles. The van der Waals surface area contributed by atoms with Crippen LogP contribution in [-0.2, 0) is 0 Å². The van der Waals surface area contributed by atoms with Gasteiger partial charge in [-0.15, -0.1) is 0 Å². The van der Waals surface area contributed by atoms with Crippen molar-refractivity contribution in [3.8, 4) is 0 Å². The zero-order valence-corrected chi connectivity index (χ0v) is 10.1. The molecule has 0 saturated carbocycles. The highest BCUT2D eigenvalue weighted by Gasteiger charge is 1.94. The van der Waals surface area contributed by atoms with Crippen LogP contribution >= 0.6 is 22.6 Å². The van der Waals surface area contributed by atoms with Crippen molar-refractivity contribution in [1.29, 1.82) is 0 Å². The number of hydrogen-bond acceptors (Lipinski definition) is 0. The summed E-state index contributed by atoms with van der Waals surface area (Å²) >= 11 is 2.51. The summed E-state index contributed by atoms with van der Waals surface area (Å²) in [6.07, 6.45) is 10.00. The average molecular weight is 268 g/mol. The summed E-state index contributed by atoms with van der Waals surface area (Å²) < 4.78 is 0.874. The van der Waals surface area contributed by atoms with Crippen LogP contribution in [0.1, 0.15) is 58.8 Å². The summed E-state index contributed by atoms with van der Waals surface area (Å²) in [4.78, 5) is 0. The van der Waals surface area contributed by atoms with E-state index in [1.807, 2.05) is 0 Å². The quantitative estimate of drug-likeness (QED) is 0.360. The molecule has 0 heterocycles. The molecule has 0 spiro atoms. The smallest absolute Gasteiger partial charge is 0.00813 e. The molecule has 0 fully saturated rings. The van der Waals surface area contributed by atoms with Crippen molar-refractivity contribution in [1.82, 2.24) is 0 Å². The topological polar surface area (TPSA) is 0 Å². The minimum absolute atomic E-state index is 0.874. The molecule has 1 unspecified atom stereocenters. The monoisotopic (exact) mass is 268 g/mol. The molecule has 0 aromatic heterocycles. The molecule has 0 aromatic carbocycles. The first-order valence-corrected chi connectivity index (χ1v) is 6.16. The molecule has 0 saturated heterocycles.